The van der Waals surface area contributed by atoms with Gasteiger partial charge in [0.1, 0.15) is 4.28 Å². The maximum atomic E-state index is 10.1. The molecular formula is C10H18B4BrF4NO8S. The van der Waals surface area contributed by atoms with Crippen molar-refractivity contribution in [2.75, 3.05) is 7.05 Å². The van der Waals surface area contributed by atoms with Gasteiger partial charge in [-0.1, -0.05) is 58.0 Å². The first-order valence-electron chi connectivity index (χ1n) is 7.01. The molecule has 8 N–H and O–H groups in total. The quantitative estimate of drug-likeness (QED) is 0.102. The lowest BCUT2D eigenvalue weighted by Gasteiger charge is -2.19. The molecule has 1 aliphatic heterocycles. The molecular weight excluding hydrogens is 493 g/mol. The fraction of sp³-hybridized carbons (Fsp3) is 0.200. The van der Waals surface area contributed by atoms with Gasteiger partial charge in [0, 0.05) is 7.05 Å². The summed E-state index contributed by atoms with van der Waals surface area (Å²) in [5, 5.41) is 57.7. The summed E-state index contributed by atoms with van der Waals surface area (Å²) >= 11 is 5.37. The van der Waals surface area contributed by atoms with Gasteiger partial charge < -0.3 is 45.1 Å². The Labute approximate surface area is 178 Å². The molecule has 0 radical (unpaired) electrons. The van der Waals surface area contributed by atoms with Crippen molar-refractivity contribution in [3.63, 3.8) is 0 Å². The molecule has 1 aromatic rings. The van der Waals surface area contributed by atoms with Crippen molar-refractivity contribution >= 4 is 63.0 Å². The average Bonchev–Trinajstić information content (AvgIpc) is 2.86. The number of halogens is 5. The van der Waals surface area contributed by atoms with E-state index in [0.717, 1.165) is 0 Å². The van der Waals surface area contributed by atoms with Gasteiger partial charge in [-0.3, -0.25) is 17.3 Å². The molecule has 2 rings (SSSR count). The molecule has 19 heteroatoms. The Balaban J connectivity index is -0.000000352. The van der Waals surface area contributed by atoms with E-state index in [4.69, 9.17) is 40.2 Å². The first-order chi connectivity index (χ1) is 13.2. The molecule has 0 aliphatic carbocycles. The lowest BCUT2D eigenvalue weighted by molar-refractivity contribution is 0.338. The van der Waals surface area contributed by atoms with E-state index in [1.54, 1.807) is 11.8 Å². The van der Waals surface area contributed by atoms with Gasteiger partial charge in [-0.2, -0.15) is 0 Å². The number of hydrogen-bond acceptors (Lipinski definition) is 10. The van der Waals surface area contributed by atoms with E-state index in [9.17, 15) is 17.3 Å². The van der Waals surface area contributed by atoms with Crippen LogP contribution in [-0.2, 0) is 0 Å². The predicted octanol–water partition coefficient (Wildman–Crippen LogP) is -0.956. The van der Waals surface area contributed by atoms with Crippen LogP contribution < -0.4 is 0 Å². The Morgan fingerprint density at radius 1 is 0.793 bits per heavy atom. The monoisotopic (exact) mass is 511 g/mol. The number of hydrogen-bond donors (Lipinski definition) is 8. The standard InChI is InChI=1S/C10H10BrNS.4BFH2O2/c1-12-9(7-13-10(12)11)8-5-3-2-4-6-8;4*2-1(3)4/h2-7,10H,1H3;4*3-4H. The largest absolute Gasteiger partial charge is 0.674 e. The maximum absolute atomic E-state index is 10.1. The smallest absolute Gasteiger partial charge is 0.398 e. The zero-order chi connectivity index (χ0) is 23.6. The molecule has 0 aromatic heterocycles. The van der Waals surface area contributed by atoms with Gasteiger partial charge in [0.25, 0.3) is 0 Å². The molecule has 0 saturated carbocycles. The fourth-order valence-corrected chi connectivity index (χ4v) is 2.67. The minimum Gasteiger partial charge on any atom is -0.398 e. The summed E-state index contributed by atoms with van der Waals surface area (Å²) in [6, 6.07) is 10.4. The molecule has 1 atom stereocenters. The zero-order valence-corrected chi connectivity index (χ0v) is 17.1. The highest BCUT2D eigenvalue weighted by atomic mass is 79.9. The van der Waals surface area contributed by atoms with Gasteiger partial charge in [-0.15, -0.1) is 0 Å². The van der Waals surface area contributed by atoms with Crippen LogP contribution in [-0.4, -0.2) is 86.0 Å². The minimum atomic E-state index is -2.67. The van der Waals surface area contributed by atoms with Crippen LogP contribution >= 0.6 is 27.7 Å². The summed E-state index contributed by atoms with van der Waals surface area (Å²) in [4.78, 5) is 2.22. The van der Waals surface area contributed by atoms with Crippen LogP contribution in [0.5, 0.6) is 0 Å². The predicted molar refractivity (Wildman–Crippen MR) is 108 cm³/mol. The normalized spacial score (nSPS) is 13.5. The van der Waals surface area contributed by atoms with Gasteiger partial charge in [-0.25, -0.2) is 0 Å². The lowest BCUT2D eigenvalue weighted by atomic mass is 10.2. The summed E-state index contributed by atoms with van der Waals surface area (Å²) in [7, 11) is -8.57. The van der Waals surface area contributed by atoms with Crippen molar-refractivity contribution in [3.8, 4) is 0 Å². The van der Waals surface area contributed by atoms with Crippen molar-refractivity contribution in [2.24, 2.45) is 0 Å². The van der Waals surface area contributed by atoms with Gasteiger partial charge in [0.05, 0.1) is 5.70 Å². The summed E-state index contributed by atoms with van der Waals surface area (Å²) in [5.41, 5.74) is 2.56. The second-order valence-electron chi connectivity index (χ2n) is 4.15. The van der Waals surface area contributed by atoms with E-state index in [2.05, 4.69) is 57.6 Å². The summed E-state index contributed by atoms with van der Waals surface area (Å²) in [6.07, 6.45) is 0. The van der Waals surface area contributed by atoms with Gasteiger partial charge in [0.15, 0.2) is 0 Å². The van der Waals surface area contributed by atoms with Crippen LogP contribution in [0.2, 0.25) is 0 Å². The molecule has 0 amide bonds. The Morgan fingerprint density at radius 3 is 1.34 bits per heavy atom. The van der Waals surface area contributed by atoms with Crippen LogP contribution in [0.3, 0.4) is 0 Å². The topological polar surface area (TPSA) is 165 Å². The molecule has 1 aromatic carbocycles. The Bertz CT molecular complexity index is 495. The Hall–Kier alpha value is -0.750. The molecule has 1 unspecified atom stereocenters. The first-order valence-corrected chi connectivity index (χ1v) is 8.86. The first kappa shape index (κ1) is 32.9. The number of nitrogens with zero attached hydrogens (tertiary/aromatic N) is 1. The van der Waals surface area contributed by atoms with Crippen LogP contribution in [0, 0.1) is 0 Å². The number of thioether (sulfide) groups is 1. The molecule has 0 fully saturated rings. The summed E-state index contributed by atoms with van der Waals surface area (Å²) in [6.45, 7) is 0. The van der Waals surface area contributed by atoms with E-state index in [0.29, 0.717) is 4.28 Å². The molecule has 1 heterocycles. The second kappa shape index (κ2) is 20.5. The molecule has 164 valence electrons. The molecule has 9 nitrogen and oxygen atoms in total. The van der Waals surface area contributed by atoms with Crippen LogP contribution in [0.25, 0.3) is 5.70 Å². The SMILES string of the molecule is CN1C(c2ccccc2)=CSC1Br.OB(O)F.OB(O)F.OB(O)F.OB(O)F. The van der Waals surface area contributed by atoms with Crippen LogP contribution in [0.15, 0.2) is 35.7 Å². The zero-order valence-electron chi connectivity index (χ0n) is 14.7. The third-order valence-electron chi connectivity index (χ3n) is 2.05. The van der Waals surface area contributed by atoms with E-state index >= 15 is 0 Å². The molecule has 1 aliphatic rings. The number of benzene rings is 1. The molecule has 0 bridgehead atoms. The van der Waals surface area contributed by atoms with E-state index < -0.39 is 29.6 Å². The van der Waals surface area contributed by atoms with Crippen LogP contribution in [0.4, 0.5) is 17.3 Å². The number of rotatable bonds is 1. The highest BCUT2D eigenvalue weighted by Gasteiger charge is 2.21. The summed E-state index contributed by atoms with van der Waals surface area (Å²) < 4.78 is 40.8. The van der Waals surface area contributed by atoms with E-state index in [1.165, 1.54) is 11.3 Å². The van der Waals surface area contributed by atoms with E-state index in [1.807, 2.05) is 6.07 Å². The lowest BCUT2D eigenvalue weighted by Crippen LogP contribution is -2.17. The van der Waals surface area contributed by atoms with Crippen molar-refractivity contribution in [1.82, 2.24) is 4.90 Å². The highest BCUT2D eigenvalue weighted by Crippen LogP contribution is 2.37. The second-order valence-corrected chi connectivity index (χ2v) is 6.58. The average molecular weight is 511 g/mol. The van der Waals surface area contributed by atoms with E-state index in [-0.39, 0.29) is 0 Å². The van der Waals surface area contributed by atoms with Crippen molar-refractivity contribution in [1.29, 1.82) is 0 Å². The molecule has 0 spiro atoms. The molecule has 0 saturated heterocycles. The Kier molecular flexibility index (Phi) is 23.3. The Morgan fingerprint density at radius 2 is 1.10 bits per heavy atom. The van der Waals surface area contributed by atoms with Crippen molar-refractivity contribution in [3.05, 3.63) is 41.3 Å². The minimum absolute atomic E-state index is 0.378. The van der Waals surface area contributed by atoms with Crippen molar-refractivity contribution in [2.45, 2.75) is 4.28 Å². The number of alkyl halides is 1. The summed E-state index contributed by atoms with van der Waals surface area (Å²) in [5.74, 6) is 0. The van der Waals surface area contributed by atoms with Gasteiger partial charge in [0.2, 0.25) is 0 Å². The fourth-order valence-electron chi connectivity index (χ4n) is 1.28. The van der Waals surface area contributed by atoms with Crippen LogP contribution in [0.1, 0.15) is 5.56 Å². The highest BCUT2D eigenvalue weighted by molar-refractivity contribution is 9.11. The van der Waals surface area contributed by atoms with Gasteiger partial charge >= 0.3 is 29.6 Å². The van der Waals surface area contributed by atoms with Crippen molar-refractivity contribution < 1.29 is 57.5 Å². The third-order valence-corrected chi connectivity index (χ3v) is 4.21. The maximum Gasteiger partial charge on any atom is 0.674 e. The third kappa shape index (κ3) is 29.5. The molecule has 29 heavy (non-hydrogen) atoms. The van der Waals surface area contributed by atoms with Gasteiger partial charge in [-0.05, 0) is 11.0 Å².